The van der Waals surface area contributed by atoms with Crippen molar-refractivity contribution in [3.05, 3.63) is 60.2 Å². The average molecular weight is 319 g/mol. The number of aryl methyl sites for hydroxylation is 1. The number of hydrogen-bond acceptors (Lipinski definition) is 4. The van der Waals surface area contributed by atoms with E-state index in [1.54, 1.807) is 42.5 Å². The number of nitrogens with zero attached hydrogens (tertiary/aromatic N) is 1. The lowest BCUT2D eigenvalue weighted by molar-refractivity contribution is -0.138. The fourth-order valence-electron chi connectivity index (χ4n) is 1.93. The zero-order valence-corrected chi connectivity index (χ0v) is 13.2. The van der Waals surface area contributed by atoms with Crippen molar-refractivity contribution in [2.24, 2.45) is 0 Å². The van der Waals surface area contributed by atoms with Crippen molar-refractivity contribution >= 4 is 21.7 Å². The molecule has 5 nitrogen and oxygen atoms in total. The highest BCUT2D eigenvalue weighted by molar-refractivity contribution is 7.92. The third-order valence-corrected chi connectivity index (χ3v) is 4.94. The lowest BCUT2D eigenvalue weighted by Gasteiger charge is -2.23. The van der Waals surface area contributed by atoms with Crippen molar-refractivity contribution in [2.45, 2.75) is 11.8 Å². The maximum absolute atomic E-state index is 12.8. The van der Waals surface area contributed by atoms with Crippen LogP contribution in [0.15, 0.2) is 59.5 Å². The number of methoxy groups -OCH3 is 1. The van der Waals surface area contributed by atoms with Gasteiger partial charge in [0.25, 0.3) is 10.0 Å². The van der Waals surface area contributed by atoms with E-state index in [1.807, 2.05) is 6.92 Å². The largest absolute Gasteiger partial charge is 0.468 e. The van der Waals surface area contributed by atoms with Crippen molar-refractivity contribution in [1.82, 2.24) is 0 Å². The molecule has 0 aliphatic heterocycles. The smallest absolute Gasteiger partial charge is 0.326 e. The van der Waals surface area contributed by atoms with E-state index in [1.165, 1.54) is 19.2 Å². The van der Waals surface area contributed by atoms with Gasteiger partial charge in [-0.1, -0.05) is 35.9 Å². The average Bonchev–Trinajstić information content (AvgIpc) is 2.53. The number of hydrogen-bond donors (Lipinski definition) is 0. The number of esters is 1. The molecule has 0 saturated carbocycles. The van der Waals surface area contributed by atoms with Crippen LogP contribution in [-0.4, -0.2) is 28.0 Å². The van der Waals surface area contributed by atoms with Crippen LogP contribution in [-0.2, 0) is 19.6 Å². The van der Waals surface area contributed by atoms with Gasteiger partial charge < -0.3 is 4.74 Å². The number of ether oxygens (including phenoxy) is 1. The fraction of sp³-hybridized carbons (Fsp3) is 0.188. The van der Waals surface area contributed by atoms with Crippen LogP contribution in [0, 0.1) is 6.92 Å². The van der Waals surface area contributed by atoms with Crippen LogP contribution in [0.5, 0.6) is 0 Å². The summed E-state index contributed by atoms with van der Waals surface area (Å²) >= 11 is 0. The maximum Gasteiger partial charge on any atom is 0.326 e. The number of sulfonamides is 1. The van der Waals surface area contributed by atoms with Crippen LogP contribution >= 0.6 is 0 Å². The van der Waals surface area contributed by atoms with E-state index in [0.717, 1.165) is 9.87 Å². The van der Waals surface area contributed by atoms with Gasteiger partial charge in [-0.15, -0.1) is 0 Å². The van der Waals surface area contributed by atoms with E-state index in [0.29, 0.717) is 5.69 Å². The van der Waals surface area contributed by atoms with Crippen LogP contribution in [0.25, 0.3) is 0 Å². The normalized spacial score (nSPS) is 11.0. The highest BCUT2D eigenvalue weighted by Crippen LogP contribution is 2.23. The quantitative estimate of drug-likeness (QED) is 0.794. The van der Waals surface area contributed by atoms with Crippen LogP contribution < -0.4 is 4.31 Å². The molecular formula is C16H17NO4S. The van der Waals surface area contributed by atoms with Gasteiger partial charge in [-0.25, -0.2) is 8.42 Å². The number of carbonyl (C=O) groups excluding carboxylic acids is 1. The van der Waals surface area contributed by atoms with Crippen LogP contribution in [0.3, 0.4) is 0 Å². The third kappa shape index (κ3) is 3.46. The second kappa shape index (κ2) is 6.62. The van der Waals surface area contributed by atoms with Gasteiger partial charge in [0, 0.05) is 0 Å². The zero-order valence-electron chi connectivity index (χ0n) is 12.4. The molecule has 0 aromatic heterocycles. The molecule has 0 bridgehead atoms. The second-order valence-corrected chi connectivity index (χ2v) is 6.60. The summed E-state index contributed by atoms with van der Waals surface area (Å²) in [5, 5.41) is 0. The van der Waals surface area contributed by atoms with E-state index in [9.17, 15) is 13.2 Å². The van der Waals surface area contributed by atoms with Gasteiger partial charge in [0.1, 0.15) is 6.54 Å². The van der Waals surface area contributed by atoms with Gasteiger partial charge in [-0.2, -0.15) is 0 Å². The predicted octanol–water partition coefficient (Wildman–Crippen LogP) is 2.36. The van der Waals surface area contributed by atoms with Gasteiger partial charge in [-0.05, 0) is 31.2 Å². The van der Waals surface area contributed by atoms with Gasteiger partial charge in [0.15, 0.2) is 0 Å². The summed E-state index contributed by atoms with van der Waals surface area (Å²) < 4.78 is 31.3. The van der Waals surface area contributed by atoms with Crippen molar-refractivity contribution in [3.8, 4) is 0 Å². The van der Waals surface area contributed by atoms with Gasteiger partial charge >= 0.3 is 5.97 Å². The first-order chi connectivity index (χ1) is 10.4. The van der Waals surface area contributed by atoms with E-state index < -0.39 is 16.0 Å². The van der Waals surface area contributed by atoms with Gasteiger partial charge in [0.05, 0.1) is 17.7 Å². The second-order valence-electron chi connectivity index (χ2n) is 4.74. The van der Waals surface area contributed by atoms with Crippen LogP contribution in [0.2, 0.25) is 0 Å². The fourth-order valence-corrected chi connectivity index (χ4v) is 3.34. The summed E-state index contributed by atoms with van der Waals surface area (Å²) in [6, 6.07) is 15.0. The Morgan fingerprint density at radius 1 is 1.05 bits per heavy atom. The topological polar surface area (TPSA) is 63.7 Å². The van der Waals surface area contributed by atoms with Crippen LogP contribution in [0.4, 0.5) is 5.69 Å². The molecule has 6 heteroatoms. The minimum atomic E-state index is -3.84. The minimum absolute atomic E-state index is 0.130. The molecule has 0 fully saturated rings. The Morgan fingerprint density at radius 3 is 2.18 bits per heavy atom. The number of carbonyl (C=O) groups is 1. The standard InChI is InChI=1S/C16H17NO4S/c1-13-8-10-15(11-9-13)22(19,20)17(12-16(18)21-2)14-6-4-3-5-7-14/h3-11H,12H2,1-2H3. The number of para-hydroxylation sites is 1. The summed E-state index contributed by atoms with van der Waals surface area (Å²) in [6.45, 7) is 1.50. The lowest BCUT2D eigenvalue weighted by atomic mass is 10.2. The first kappa shape index (κ1) is 16.0. The van der Waals surface area contributed by atoms with E-state index in [4.69, 9.17) is 0 Å². The predicted molar refractivity (Wildman–Crippen MR) is 84.2 cm³/mol. The Bertz CT molecular complexity index is 739. The summed E-state index contributed by atoms with van der Waals surface area (Å²) in [7, 11) is -2.62. The lowest BCUT2D eigenvalue weighted by Crippen LogP contribution is -2.36. The molecular weight excluding hydrogens is 302 g/mol. The SMILES string of the molecule is COC(=O)CN(c1ccccc1)S(=O)(=O)c1ccc(C)cc1. The molecule has 2 rings (SSSR count). The van der Waals surface area contributed by atoms with E-state index in [2.05, 4.69) is 4.74 Å². The van der Waals surface area contributed by atoms with Crippen LogP contribution in [0.1, 0.15) is 5.56 Å². The molecule has 0 unspecified atom stereocenters. The number of anilines is 1. The Kier molecular flexibility index (Phi) is 4.82. The molecule has 22 heavy (non-hydrogen) atoms. The molecule has 0 aliphatic carbocycles. The summed E-state index contributed by atoms with van der Waals surface area (Å²) in [5.41, 5.74) is 1.37. The monoisotopic (exact) mass is 319 g/mol. The summed E-state index contributed by atoms with van der Waals surface area (Å²) in [5.74, 6) is -0.625. The molecule has 0 aliphatic rings. The Morgan fingerprint density at radius 2 is 1.64 bits per heavy atom. The molecule has 0 spiro atoms. The molecule has 0 N–H and O–H groups in total. The number of rotatable bonds is 5. The third-order valence-electron chi connectivity index (χ3n) is 3.15. The van der Waals surface area contributed by atoms with Crippen molar-refractivity contribution < 1.29 is 17.9 Å². The number of benzene rings is 2. The summed E-state index contributed by atoms with van der Waals surface area (Å²) in [4.78, 5) is 11.7. The molecule has 116 valence electrons. The molecule has 0 radical (unpaired) electrons. The highest BCUT2D eigenvalue weighted by atomic mass is 32.2. The Hall–Kier alpha value is -2.34. The minimum Gasteiger partial charge on any atom is -0.468 e. The van der Waals surface area contributed by atoms with Gasteiger partial charge in [0.2, 0.25) is 0 Å². The Balaban J connectivity index is 2.47. The molecule has 0 saturated heterocycles. The van der Waals surface area contributed by atoms with Crippen molar-refractivity contribution in [1.29, 1.82) is 0 Å². The molecule has 2 aromatic carbocycles. The van der Waals surface area contributed by atoms with Gasteiger partial charge in [-0.3, -0.25) is 9.10 Å². The first-order valence-corrected chi connectivity index (χ1v) is 8.10. The molecule has 0 atom stereocenters. The Labute approximate surface area is 130 Å². The van der Waals surface area contributed by atoms with Crippen molar-refractivity contribution in [3.63, 3.8) is 0 Å². The zero-order chi connectivity index (χ0) is 16.2. The highest BCUT2D eigenvalue weighted by Gasteiger charge is 2.27. The molecule has 2 aromatic rings. The maximum atomic E-state index is 12.8. The van der Waals surface area contributed by atoms with Crippen molar-refractivity contribution in [2.75, 3.05) is 18.0 Å². The van der Waals surface area contributed by atoms with E-state index in [-0.39, 0.29) is 11.4 Å². The summed E-state index contributed by atoms with van der Waals surface area (Å²) in [6.07, 6.45) is 0. The van der Waals surface area contributed by atoms with E-state index >= 15 is 0 Å². The first-order valence-electron chi connectivity index (χ1n) is 6.66. The molecule has 0 amide bonds. The molecule has 0 heterocycles.